The highest BCUT2D eigenvalue weighted by molar-refractivity contribution is 7.92. The van der Waals surface area contributed by atoms with E-state index in [9.17, 15) is 30.4 Å². The molecule has 0 aliphatic carbocycles. The topological polar surface area (TPSA) is 94.1 Å². The molecule has 0 unspecified atom stereocenters. The Labute approximate surface area is 213 Å². The summed E-state index contributed by atoms with van der Waals surface area (Å²) in [5.74, 6) is -2.06. The van der Waals surface area contributed by atoms with Crippen molar-refractivity contribution in [2.45, 2.75) is 23.4 Å². The molecule has 0 radical (unpaired) electrons. The van der Waals surface area contributed by atoms with Crippen molar-refractivity contribution in [1.29, 1.82) is 0 Å². The molecule has 0 bridgehead atoms. The molecule has 0 amide bonds. The largest absolute Gasteiger partial charge is 0.493 e. The molecule has 1 N–H and O–H groups in total. The van der Waals surface area contributed by atoms with Gasteiger partial charge >= 0.3 is 6.18 Å². The minimum Gasteiger partial charge on any atom is -0.493 e. The standard InChI is InChI=1S/C25H17F5N4O3S/c26-16-12-32-24(33-13-16)34-38(35,36)17-3-5-20-19(7-8-37-22(20)10-17)18-4-2-15(25(28,29)30)9-21(18)14-1-6-23(27)31-11-14/h1-6,9-13,19H,7-8H2,(H,32,33,34)/t19-/m0/s1. The van der Waals surface area contributed by atoms with Crippen LogP contribution in [0.15, 0.2) is 72.0 Å². The average Bonchev–Trinajstić information content (AvgIpc) is 2.89. The summed E-state index contributed by atoms with van der Waals surface area (Å²) < 4.78 is 101. The number of rotatable bonds is 5. The SMILES string of the molecule is O=S(=O)(Nc1ncc(F)cn1)c1ccc2c(c1)OCC[C@H]2c1ccc(C(F)(F)F)cc1-c1ccc(F)nc1. The number of benzene rings is 2. The molecular weight excluding hydrogens is 531 g/mol. The number of hydrogen-bond acceptors (Lipinski definition) is 6. The van der Waals surface area contributed by atoms with E-state index in [1.165, 1.54) is 30.3 Å². The summed E-state index contributed by atoms with van der Waals surface area (Å²) >= 11 is 0. The van der Waals surface area contributed by atoms with Crippen molar-refractivity contribution in [3.8, 4) is 16.9 Å². The first-order chi connectivity index (χ1) is 18.0. The lowest BCUT2D eigenvalue weighted by Crippen LogP contribution is -2.19. The maximum Gasteiger partial charge on any atom is 0.416 e. The van der Waals surface area contributed by atoms with Crippen LogP contribution in [0.4, 0.5) is 27.9 Å². The van der Waals surface area contributed by atoms with Crippen LogP contribution >= 0.6 is 0 Å². The summed E-state index contributed by atoms with van der Waals surface area (Å²) in [4.78, 5) is 10.6. The predicted octanol–water partition coefficient (Wildman–Crippen LogP) is 5.55. The number of nitrogens with zero attached hydrogens (tertiary/aromatic N) is 3. The fraction of sp³-hybridized carbons (Fsp3) is 0.160. The molecule has 0 saturated carbocycles. The molecular formula is C25H17F5N4O3S. The highest BCUT2D eigenvalue weighted by Crippen LogP contribution is 2.44. The Balaban J connectivity index is 1.54. The van der Waals surface area contributed by atoms with Gasteiger partial charge in [-0.2, -0.15) is 17.6 Å². The minimum atomic E-state index is -4.60. The van der Waals surface area contributed by atoms with Gasteiger partial charge in [0.05, 0.1) is 29.5 Å². The van der Waals surface area contributed by atoms with Crippen molar-refractivity contribution < 1.29 is 35.1 Å². The molecule has 0 spiro atoms. The normalized spacial score (nSPS) is 15.4. The van der Waals surface area contributed by atoms with Gasteiger partial charge in [0, 0.05) is 29.3 Å². The Hall–Kier alpha value is -4.13. The third-order valence-corrected chi connectivity index (χ3v) is 7.30. The smallest absolute Gasteiger partial charge is 0.416 e. The number of ether oxygens (including phenoxy) is 1. The van der Waals surface area contributed by atoms with Crippen LogP contribution < -0.4 is 9.46 Å². The van der Waals surface area contributed by atoms with E-state index < -0.39 is 39.4 Å². The number of aromatic nitrogens is 3. The van der Waals surface area contributed by atoms with E-state index in [1.54, 1.807) is 0 Å². The predicted molar refractivity (Wildman–Crippen MR) is 126 cm³/mol. The lowest BCUT2D eigenvalue weighted by atomic mass is 9.82. The molecule has 1 atom stereocenters. The first kappa shape index (κ1) is 25.5. The number of hydrogen-bond donors (Lipinski definition) is 1. The van der Waals surface area contributed by atoms with Gasteiger partial charge in [-0.25, -0.2) is 32.5 Å². The van der Waals surface area contributed by atoms with Crippen molar-refractivity contribution >= 4 is 16.0 Å². The number of fused-ring (bicyclic) bond motifs is 1. The van der Waals surface area contributed by atoms with E-state index in [4.69, 9.17) is 4.74 Å². The second-order valence-electron chi connectivity index (χ2n) is 8.39. The Bertz CT molecular complexity index is 1600. The van der Waals surface area contributed by atoms with Gasteiger partial charge in [0.15, 0.2) is 5.82 Å². The van der Waals surface area contributed by atoms with Crippen LogP contribution in [0.2, 0.25) is 0 Å². The van der Waals surface area contributed by atoms with Crippen LogP contribution in [-0.2, 0) is 16.2 Å². The fourth-order valence-corrected chi connectivity index (χ4v) is 5.20. The van der Waals surface area contributed by atoms with Gasteiger partial charge in [-0.05, 0) is 47.9 Å². The third-order valence-electron chi connectivity index (χ3n) is 5.98. The van der Waals surface area contributed by atoms with E-state index in [0.717, 1.165) is 36.8 Å². The van der Waals surface area contributed by atoms with Gasteiger partial charge in [0.2, 0.25) is 11.9 Å². The van der Waals surface area contributed by atoms with E-state index in [-0.39, 0.29) is 28.8 Å². The van der Waals surface area contributed by atoms with Crippen molar-refractivity contribution in [3.05, 3.63) is 95.6 Å². The molecule has 0 fully saturated rings. The maximum atomic E-state index is 13.5. The van der Waals surface area contributed by atoms with E-state index in [2.05, 4.69) is 19.7 Å². The summed E-state index contributed by atoms with van der Waals surface area (Å²) in [5.41, 5.74) is 0.720. The number of pyridine rings is 1. The molecule has 3 heterocycles. The molecule has 2 aromatic carbocycles. The molecule has 13 heteroatoms. The molecule has 4 aromatic rings. The molecule has 7 nitrogen and oxygen atoms in total. The molecule has 196 valence electrons. The zero-order valence-corrected chi connectivity index (χ0v) is 20.0. The second-order valence-corrected chi connectivity index (χ2v) is 10.1. The monoisotopic (exact) mass is 548 g/mol. The van der Waals surface area contributed by atoms with E-state index in [0.29, 0.717) is 23.1 Å². The van der Waals surface area contributed by atoms with Crippen molar-refractivity contribution in [2.24, 2.45) is 0 Å². The Kier molecular flexibility index (Phi) is 6.47. The summed E-state index contributed by atoms with van der Waals surface area (Å²) in [5, 5.41) is 0. The number of anilines is 1. The second kappa shape index (κ2) is 9.63. The minimum absolute atomic E-state index is 0.164. The van der Waals surface area contributed by atoms with E-state index >= 15 is 0 Å². The molecule has 1 aliphatic rings. The van der Waals surface area contributed by atoms with Gasteiger partial charge < -0.3 is 4.74 Å². The summed E-state index contributed by atoms with van der Waals surface area (Å²) in [6.45, 7) is 0.164. The van der Waals surface area contributed by atoms with E-state index in [1.807, 2.05) is 0 Å². The number of nitrogens with one attached hydrogen (secondary N) is 1. The van der Waals surface area contributed by atoms with Gasteiger partial charge in [0.1, 0.15) is 5.75 Å². The Morgan fingerprint density at radius 3 is 2.32 bits per heavy atom. The number of halogens is 5. The summed E-state index contributed by atoms with van der Waals surface area (Å²) in [6, 6.07) is 9.85. The summed E-state index contributed by atoms with van der Waals surface area (Å²) in [6.07, 6.45) is -1.42. The summed E-state index contributed by atoms with van der Waals surface area (Å²) in [7, 11) is -4.17. The average molecular weight is 548 g/mol. The van der Waals surface area contributed by atoms with Gasteiger partial charge in [0.25, 0.3) is 10.0 Å². The molecule has 0 saturated heterocycles. The first-order valence-electron chi connectivity index (χ1n) is 11.1. The highest BCUT2D eigenvalue weighted by atomic mass is 32.2. The number of alkyl halides is 3. The Morgan fingerprint density at radius 1 is 0.895 bits per heavy atom. The number of sulfonamides is 1. The third kappa shape index (κ3) is 5.14. The molecule has 1 aliphatic heterocycles. The zero-order valence-electron chi connectivity index (χ0n) is 19.2. The lowest BCUT2D eigenvalue weighted by molar-refractivity contribution is -0.137. The van der Waals surface area contributed by atoms with Crippen LogP contribution in [0.25, 0.3) is 11.1 Å². The van der Waals surface area contributed by atoms with Crippen LogP contribution in [0, 0.1) is 11.8 Å². The van der Waals surface area contributed by atoms with Crippen molar-refractivity contribution in [1.82, 2.24) is 15.0 Å². The van der Waals surface area contributed by atoms with Crippen LogP contribution in [0.5, 0.6) is 5.75 Å². The highest BCUT2D eigenvalue weighted by Gasteiger charge is 2.33. The van der Waals surface area contributed by atoms with Crippen molar-refractivity contribution in [3.63, 3.8) is 0 Å². The van der Waals surface area contributed by atoms with Gasteiger partial charge in [-0.15, -0.1) is 0 Å². The van der Waals surface area contributed by atoms with Crippen LogP contribution in [0.3, 0.4) is 0 Å². The molecule has 38 heavy (non-hydrogen) atoms. The molecule has 2 aromatic heterocycles. The lowest BCUT2D eigenvalue weighted by Gasteiger charge is -2.29. The first-order valence-corrected chi connectivity index (χ1v) is 12.6. The van der Waals surface area contributed by atoms with Crippen LogP contribution in [-0.4, -0.2) is 30.0 Å². The molecule has 5 rings (SSSR count). The quantitative estimate of drug-likeness (QED) is 0.260. The van der Waals surface area contributed by atoms with Crippen LogP contribution in [0.1, 0.15) is 29.0 Å². The zero-order chi connectivity index (χ0) is 27.1. The fourth-order valence-electron chi connectivity index (χ4n) is 4.23. The Morgan fingerprint density at radius 2 is 1.63 bits per heavy atom. The van der Waals surface area contributed by atoms with Gasteiger partial charge in [-0.1, -0.05) is 12.1 Å². The van der Waals surface area contributed by atoms with Crippen molar-refractivity contribution in [2.75, 3.05) is 11.3 Å². The maximum absolute atomic E-state index is 13.5. The van der Waals surface area contributed by atoms with Gasteiger partial charge in [-0.3, -0.25) is 0 Å².